The molecule has 1 saturated heterocycles. The van der Waals surface area contributed by atoms with E-state index in [0.717, 1.165) is 0 Å². The van der Waals surface area contributed by atoms with Crippen molar-refractivity contribution in [2.45, 2.75) is 13.0 Å². The number of hydrogen-bond acceptors (Lipinski definition) is 6. The van der Waals surface area contributed by atoms with Gasteiger partial charge in [-0.2, -0.15) is 0 Å². The fraction of sp³-hybridized carbons (Fsp3) is 0.462. The van der Waals surface area contributed by atoms with Gasteiger partial charge < -0.3 is 9.51 Å². The van der Waals surface area contributed by atoms with Crippen LogP contribution >= 0.6 is 15.9 Å². The number of carbonyl (C=O) groups excluding carboxylic acids is 1. The number of piperazine rings is 1. The predicted octanol–water partition coefficient (Wildman–Crippen LogP) is -1.05. The van der Waals surface area contributed by atoms with Crippen LogP contribution in [0.15, 0.2) is 27.6 Å². The summed E-state index contributed by atoms with van der Waals surface area (Å²) in [5.41, 5.74) is 0.258. The Bertz CT molecular complexity index is 919. The molecule has 0 aromatic carbocycles. The zero-order valence-corrected chi connectivity index (χ0v) is 15.7. The summed E-state index contributed by atoms with van der Waals surface area (Å²) in [7, 11) is -3.42. The molecule has 0 bridgehead atoms. The van der Waals surface area contributed by atoms with Gasteiger partial charge in [0.05, 0.1) is 11.8 Å². The van der Waals surface area contributed by atoms with Crippen LogP contribution < -0.4 is 20.6 Å². The van der Waals surface area contributed by atoms with Crippen molar-refractivity contribution in [2.24, 2.45) is 0 Å². The van der Waals surface area contributed by atoms with Crippen LogP contribution in [0.1, 0.15) is 17.3 Å². The summed E-state index contributed by atoms with van der Waals surface area (Å²) in [5, 5.41) is 13.0. The average molecular weight is 433 g/mol. The first-order chi connectivity index (χ1) is 11.8. The van der Waals surface area contributed by atoms with E-state index in [-0.39, 0.29) is 41.3 Å². The van der Waals surface area contributed by atoms with Crippen LogP contribution in [0.5, 0.6) is 0 Å². The molecule has 2 aromatic heterocycles. The van der Waals surface area contributed by atoms with Gasteiger partial charge in [0.1, 0.15) is 0 Å². The summed E-state index contributed by atoms with van der Waals surface area (Å²) in [6.07, 6.45) is 3.19. The van der Waals surface area contributed by atoms with Gasteiger partial charge >= 0.3 is 10.2 Å². The van der Waals surface area contributed by atoms with Crippen LogP contribution in [-0.4, -0.2) is 54.9 Å². The van der Waals surface area contributed by atoms with Crippen molar-refractivity contribution in [3.8, 4) is 0 Å². The number of nitrogens with zero attached hydrogens (tertiary/aromatic N) is 4. The van der Waals surface area contributed by atoms with E-state index in [1.54, 1.807) is 30.4 Å². The second-order valence-electron chi connectivity index (χ2n) is 5.48. The maximum Gasteiger partial charge on any atom is 0.332 e. The second-order valence-corrected chi connectivity index (χ2v) is 8.49. The smallest absolute Gasteiger partial charge is 0.332 e. The van der Waals surface area contributed by atoms with Crippen molar-refractivity contribution in [3.05, 3.63) is 34.2 Å². The zero-order valence-electron chi connectivity index (χ0n) is 13.3. The number of rotatable bonds is 5. The van der Waals surface area contributed by atoms with Crippen LogP contribution in [-0.2, 0) is 10.0 Å². The lowest BCUT2D eigenvalue weighted by molar-refractivity contribution is -0.775. The van der Waals surface area contributed by atoms with Crippen LogP contribution in [0.25, 0.3) is 0 Å². The summed E-state index contributed by atoms with van der Waals surface area (Å²) >= 11 is 3.21. The molecular weight excluding hydrogens is 416 g/mol. The highest BCUT2D eigenvalue weighted by Crippen LogP contribution is 2.15. The molecule has 0 aliphatic carbocycles. The molecule has 0 radical (unpaired) electrons. The molecule has 3 rings (SSSR count). The third kappa shape index (κ3) is 3.28. The molecule has 0 amide bonds. The topological polar surface area (TPSA) is 128 Å². The predicted molar refractivity (Wildman–Crippen MR) is 88.8 cm³/mol. The first kappa shape index (κ1) is 17.9. The lowest BCUT2D eigenvalue weighted by Crippen LogP contribution is -2.73. The maximum absolute atomic E-state index is 12.9. The minimum absolute atomic E-state index is 0.000179. The van der Waals surface area contributed by atoms with E-state index in [9.17, 15) is 13.2 Å². The van der Waals surface area contributed by atoms with E-state index in [1.807, 2.05) is 0 Å². The highest BCUT2D eigenvalue weighted by Gasteiger charge is 2.38. The third-order valence-corrected chi connectivity index (χ3v) is 6.60. The van der Waals surface area contributed by atoms with Crippen LogP contribution in [0, 0.1) is 5.41 Å². The summed E-state index contributed by atoms with van der Waals surface area (Å²) in [4.78, 5) is 17.0. The Morgan fingerprint density at radius 1 is 1.56 bits per heavy atom. The van der Waals surface area contributed by atoms with Gasteiger partial charge in [-0.15, -0.1) is 0 Å². The largest absolute Gasteiger partial charge is 0.379 e. The monoisotopic (exact) mass is 432 g/mol. The SMILES string of the molecule is CCS(=O)(=O)N1CCN([n+]2[n-]oc(=N)c2Br)C(C(=O)c2cc[nH]c2)C1. The summed E-state index contributed by atoms with van der Waals surface area (Å²) in [6.45, 7) is 2.02. The number of ketones is 1. The molecule has 0 spiro atoms. The van der Waals surface area contributed by atoms with Gasteiger partial charge in [-0.3, -0.25) is 15.2 Å². The lowest BCUT2D eigenvalue weighted by atomic mass is 10.1. The van der Waals surface area contributed by atoms with Crippen LogP contribution in [0.2, 0.25) is 0 Å². The van der Waals surface area contributed by atoms with Gasteiger partial charge in [-0.1, -0.05) is 4.79 Å². The summed E-state index contributed by atoms with van der Waals surface area (Å²) < 4.78 is 30.9. The summed E-state index contributed by atoms with van der Waals surface area (Å²) in [6, 6.07) is 0.836. The number of aromatic amines is 1. The fourth-order valence-electron chi connectivity index (χ4n) is 2.70. The molecule has 1 aliphatic rings. The van der Waals surface area contributed by atoms with Crippen LogP contribution in [0.4, 0.5) is 0 Å². The third-order valence-electron chi connectivity index (χ3n) is 4.07. The van der Waals surface area contributed by atoms with Crippen molar-refractivity contribution in [1.29, 1.82) is 5.41 Å². The molecule has 1 unspecified atom stereocenters. The van der Waals surface area contributed by atoms with Gasteiger partial charge in [0.2, 0.25) is 10.0 Å². The quantitative estimate of drug-likeness (QED) is 0.458. The molecule has 25 heavy (non-hydrogen) atoms. The molecule has 3 heterocycles. The van der Waals surface area contributed by atoms with Crippen molar-refractivity contribution < 1.29 is 22.5 Å². The standard InChI is InChI=1S/C13H17BrN6O4S/c1-2-25(22,23)18-5-6-19(20-12(14)13(15)24-17-20)10(8-18)11(21)9-3-4-16-7-9/h3-4,7,10,15-16H,2,5-6,8H2,1H3. The number of sulfonamides is 1. The molecule has 136 valence electrons. The Morgan fingerprint density at radius 2 is 2.32 bits per heavy atom. The van der Waals surface area contributed by atoms with Crippen LogP contribution in [0.3, 0.4) is 0 Å². The molecule has 1 aliphatic heterocycles. The molecular formula is C13H17BrN6O4S. The normalized spacial score (nSPS) is 19.3. The highest BCUT2D eigenvalue weighted by atomic mass is 79.9. The van der Waals surface area contributed by atoms with E-state index in [1.165, 1.54) is 9.10 Å². The summed E-state index contributed by atoms with van der Waals surface area (Å²) in [5.74, 6) is -0.276. The fourth-order valence-corrected chi connectivity index (χ4v) is 4.14. The molecule has 10 nitrogen and oxygen atoms in total. The van der Waals surface area contributed by atoms with E-state index < -0.39 is 16.1 Å². The average Bonchev–Trinajstić information content (AvgIpc) is 3.25. The molecule has 2 N–H and O–H groups in total. The van der Waals surface area contributed by atoms with Crippen molar-refractivity contribution >= 4 is 31.7 Å². The molecule has 1 fully saturated rings. The number of Topliss-reactive ketones (excluding diaryl/α,β-unsaturated/α-hetero) is 1. The highest BCUT2D eigenvalue weighted by molar-refractivity contribution is 9.10. The zero-order chi connectivity index (χ0) is 18.2. The number of carbonyl (C=O) groups is 1. The van der Waals surface area contributed by atoms with Gasteiger partial charge in [0.25, 0.3) is 0 Å². The number of nitrogens with one attached hydrogen (secondary N) is 2. The Morgan fingerprint density at radius 3 is 2.88 bits per heavy atom. The Balaban J connectivity index is 1.98. The van der Waals surface area contributed by atoms with Crippen molar-refractivity contribution in [2.75, 3.05) is 30.4 Å². The van der Waals surface area contributed by atoms with E-state index in [4.69, 9.17) is 9.93 Å². The molecule has 12 heteroatoms. The molecule has 2 aromatic rings. The Hall–Kier alpha value is -1.92. The van der Waals surface area contributed by atoms with Gasteiger partial charge in [0.15, 0.2) is 5.78 Å². The Kier molecular flexibility index (Phi) is 4.84. The van der Waals surface area contributed by atoms with Gasteiger partial charge in [-0.05, 0) is 18.3 Å². The van der Waals surface area contributed by atoms with E-state index in [2.05, 4.69) is 26.2 Å². The number of halogens is 1. The first-order valence-electron chi connectivity index (χ1n) is 7.56. The number of aromatic nitrogens is 3. The van der Waals surface area contributed by atoms with Gasteiger partial charge in [0, 0.05) is 53.5 Å². The minimum atomic E-state index is -3.42. The maximum atomic E-state index is 12.9. The Labute approximate surface area is 152 Å². The first-order valence-corrected chi connectivity index (χ1v) is 9.96. The van der Waals surface area contributed by atoms with E-state index in [0.29, 0.717) is 5.56 Å². The molecule has 1 atom stereocenters. The number of hydrogen-bond donors (Lipinski definition) is 2. The second kappa shape index (κ2) is 6.77. The molecule has 0 saturated carbocycles. The van der Waals surface area contributed by atoms with E-state index >= 15 is 0 Å². The van der Waals surface area contributed by atoms with Gasteiger partial charge in [-0.25, -0.2) is 12.7 Å². The number of H-pyrrole nitrogens is 1. The van der Waals surface area contributed by atoms with Crippen molar-refractivity contribution in [1.82, 2.24) is 14.6 Å². The van der Waals surface area contributed by atoms with Crippen molar-refractivity contribution in [3.63, 3.8) is 0 Å². The minimum Gasteiger partial charge on any atom is -0.379 e. The lowest BCUT2D eigenvalue weighted by Gasteiger charge is -2.40.